The van der Waals surface area contributed by atoms with Gasteiger partial charge in [0.25, 0.3) is 0 Å². The molecule has 0 spiro atoms. The van der Waals surface area contributed by atoms with E-state index in [1.165, 1.54) is 11.3 Å². The van der Waals surface area contributed by atoms with Gasteiger partial charge in [-0.2, -0.15) is 0 Å². The fourth-order valence-electron chi connectivity index (χ4n) is 2.49. The van der Waals surface area contributed by atoms with E-state index in [2.05, 4.69) is 15.6 Å². The molecule has 1 unspecified atom stereocenters. The largest absolute Gasteiger partial charge is 0.486 e. The minimum atomic E-state index is -0.437. The van der Waals surface area contributed by atoms with Gasteiger partial charge < -0.3 is 15.4 Å². The van der Waals surface area contributed by atoms with Crippen molar-refractivity contribution in [3.63, 3.8) is 0 Å². The van der Waals surface area contributed by atoms with Gasteiger partial charge in [0, 0.05) is 16.9 Å². The molecule has 8 heteroatoms. The Labute approximate surface area is 154 Å². The summed E-state index contributed by atoms with van der Waals surface area (Å²) >= 11 is 7.27. The standard InChI is InChI=1S/C17H18ClN3O3S/c18-11-3-5-13(6-4-11)24-9-16-20-12(10-25-16)8-15(22)21-14-2-1-7-19-17(14)23/h3-6,10,14H,1-2,7-9H2,(H,19,23)(H,21,22). The zero-order chi connectivity index (χ0) is 17.6. The first kappa shape index (κ1) is 17.7. The summed E-state index contributed by atoms with van der Waals surface area (Å²) in [7, 11) is 0. The minimum Gasteiger partial charge on any atom is -0.486 e. The highest BCUT2D eigenvalue weighted by Crippen LogP contribution is 2.18. The number of nitrogens with zero attached hydrogens (tertiary/aromatic N) is 1. The molecule has 1 aromatic heterocycles. The van der Waals surface area contributed by atoms with Gasteiger partial charge in [-0.25, -0.2) is 4.98 Å². The lowest BCUT2D eigenvalue weighted by Crippen LogP contribution is -2.50. The maximum absolute atomic E-state index is 12.1. The van der Waals surface area contributed by atoms with Crippen LogP contribution >= 0.6 is 22.9 Å². The van der Waals surface area contributed by atoms with E-state index in [1.807, 2.05) is 5.38 Å². The average Bonchev–Trinajstić information content (AvgIpc) is 3.04. The zero-order valence-corrected chi connectivity index (χ0v) is 15.0. The van der Waals surface area contributed by atoms with E-state index in [1.54, 1.807) is 24.3 Å². The predicted molar refractivity (Wildman–Crippen MR) is 95.8 cm³/mol. The van der Waals surface area contributed by atoms with Crippen LogP contribution in [0.15, 0.2) is 29.6 Å². The topological polar surface area (TPSA) is 80.3 Å². The van der Waals surface area contributed by atoms with Gasteiger partial charge in [-0.15, -0.1) is 11.3 Å². The highest BCUT2D eigenvalue weighted by molar-refractivity contribution is 7.09. The first-order valence-corrected chi connectivity index (χ1v) is 9.24. The van der Waals surface area contributed by atoms with E-state index >= 15 is 0 Å². The lowest BCUT2D eigenvalue weighted by molar-refractivity contribution is -0.129. The number of amides is 2. The van der Waals surface area contributed by atoms with Gasteiger partial charge in [-0.1, -0.05) is 11.6 Å². The number of benzene rings is 1. The van der Waals surface area contributed by atoms with Crippen molar-refractivity contribution in [3.8, 4) is 5.75 Å². The quantitative estimate of drug-likeness (QED) is 0.807. The Bertz CT molecular complexity index is 748. The summed E-state index contributed by atoms with van der Waals surface area (Å²) in [5.41, 5.74) is 0.674. The molecule has 1 atom stereocenters. The third kappa shape index (κ3) is 5.17. The summed E-state index contributed by atoms with van der Waals surface area (Å²) in [5, 5.41) is 8.78. The van der Waals surface area contributed by atoms with Crippen LogP contribution in [0.25, 0.3) is 0 Å². The van der Waals surface area contributed by atoms with Crippen LogP contribution in [0.1, 0.15) is 23.5 Å². The molecule has 6 nitrogen and oxygen atoms in total. The molecule has 1 saturated heterocycles. The summed E-state index contributed by atoms with van der Waals surface area (Å²) in [4.78, 5) is 28.1. The number of nitrogens with one attached hydrogen (secondary N) is 2. The van der Waals surface area contributed by atoms with Crippen LogP contribution < -0.4 is 15.4 Å². The van der Waals surface area contributed by atoms with Crippen molar-refractivity contribution >= 4 is 34.8 Å². The molecule has 0 aliphatic carbocycles. The number of carbonyl (C=O) groups excluding carboxylic acids is 2. The molecule has 0 saturated carbocycles. The molecular formula is C17H18ClN3O3S. The van der Waals surface area contributed by atoms with Crippen molar-refractivity contribution in [2.75, 3.05) is 6.54 Å². The average molecular weight is 380 g/mol. The Balaban J connectivity index is 1.48. The molecule has 2 amide bonds. The summed E-state index contributed by atoms with van der Waals surface area (Å²) in [6.07, 6.45) is 1.70. The molecular weight excluding hydrogens is 362 g/mol. The second-order valence-corrected chi connectivity index (χ2v) is 7.08. The summed E-state index contributed by atoms with van der Waals surface area (Å²) in [6.45, 7) is 1.01. The van der Waals surface area contributed by atoms with E-state index < -0.39 is 6.04 Å². The third-order valence-electron chi connectivity index (χ3n) is 3.74. The van der Waals surface area contributed by atoms with Crippen LogP contribution in [0.4, 0.5) is 0 Å². The molecule has 0 bridgehead atoms. The van der Waals surface area contributed by atoms with Gasteiger partial charge in [0.15, 0.2) is 0 Å². The van der Waals surface area contributed by atoms with Crippen LogP contribution in [0, 0.1) is 0 Å². The van der Waals surface area contributed by atoms with Crippen LogP contribution in [-0.2, 0) is 22.6 Å². The number of hydrogen-bond donors (Lipinski definition) is 2. The number of carbonyl (C=O) groups is 2. The van der Waals surface area contributed by atoms with Crippen molar-refractivity contribution in [1.29, 1.82) is 0 Å². The van der Waals surface area contributed by atoms with Crippen LogP contribution in [-0.4, -0.2) is 29.4 Å². The van der Waals surface area contributed by atoms with Gasteiger partial charge in [-0.05, 0) is 37.1 Å². The molecule has 3 rings (SSSR count). The fraction of sp³-hybridized carbons (Fsp3) is 0.353. The molecule has 25 heavy (non-hydrogen) atoms. The summed E-state index contributed by atoms with van der Waals surface area (Å²) in [6, 6.07) is 6.66. The first-order chi connectivity index (χ1) is 12.1. The van der Waals surface area contributed by atoms with Gasteiger partial charge >= 0.3 is 0 Å². The van der Waals surface area contributed by atoms with Crippen molar-refractivity contribution < 1.29 is 14.3 Å². The fourth-order valence-corrected chi connectivity index (χ4v) is 3.32. The van der Waals surface area contributed by atoms with Crippen LogP contribution in [0.3, 0.4) is 0 Å². The molecule has 1 aliphatic heterocycles. The Kier molecular flexibility index (Phi) is 5.88. The van der Waals surface area contributed by atoms with Gasteiger partial charge in [0.1, 0.15) is 23.4 Å². The zero-order valence-electron chi connectivity index (χ0n) is 13.5. The van der Waals surface area contributed by atoms with E-state index in [-0.39, 0.29) is 18.2 Å². The molecule has 2 heterocycles. The third-order valence-corrected chi connectivity index (χ3v) is 4.86. The normalized spacial score (nSPS) is 17.0. The lowest BCUT2D eigenvalue weighted by atomic mass is 10.1. The minimum absolute atomic E-state index is 0.116. The Morgan fingerprint density at radius 3 is 2.96 bits per heavy atom. The van der Waals surface area contributed by atoms with E-state index in [4.69, 9.17) is 16.3 Å². The highest BCUT2D eigenvalue weighted by atomic mass is 35.5. The van der Waals surface area contributed by atoms with E-state index in [0.717, 1.165) is 11.4 Å². The summed E-state index contributed by atoms with van der Waals surface area (Å²) < 4.78 is 5.64. The number of ether oxygens (including phenoxy) is 1. The maximum Gasteiger partial charge on any atom is 0.242 e. The number of thiazole rings is 1. The molecule has 0 radical (unpaired) electrons. The lowest BCUT2D eigenvalue weighted by Gasteiger charge is -2.22. The maximum atomic E-state index is 12.1. The predicted octanol–water partition coefficient (Wildman–Crippen LogP) is 2.31. The van der Waals surface area contributed by atoms with E-state index in [0.29, 0.717) is 36.0 Å². The van der Waals surface area contributed by atoms with Crippen molar-refractivity contribution in [3.05, 3.63) is 45.4 Å². The molecule has 1 fully saturated rings. The van der Waals surface area contributed by atoms with E-state index in [9.17, 15) is 9.59 Å². The number of hydrogen-bond acceptors (Lipinski definition) is 5. The number of aromatic nitrogens is 1. The van der Waals surface area contributed by atoms with Crippen molar-refractivity contribution in [2.45, 2.75) is 31.9 Å². The smallest absolute Gasteiger partial charge is 0.242 e. The Morgan fingerprint density at radius 1 is 1.40 bits per heavy atom. The molecule has 1 aromatic carbocycles. The Morgan fingerprint density at radius 2 is 2.20 bits per heavy atom. The summed E-state index contributed by atoms with van der Waals surface area (Å²) in [5.74, 6) is 0.398. The highest BCUT2D eigenvalue weighted by Gasteiger charge is 2.23. The SMILES string of the molecule is O=C(Cc1csc(COc2ccc(Cl)cc2)n1)NC1CCCNC1=O. The van der Waals surface area contributed by atoms with Crippen LogP contribution in [0.2, 0.25) is 5.02 Å². The van der Waals surface area contributed by atoms with Crippen LogP contribution in [0.5, 0.6) is 5.75 Å². The number of rotatable bonds is 6. The van der Waals surface area contributed by atoms with Crippen molar-refractivity contribution in [1.82, 2.24) is 15.6 Å². The number of halogens is 1. The molecule has 2 N–H and O–H groups in total. The molecule has 2 aromatic rings. The molecule has 1 aliphatic rings. The second kappa shape index (κ2) is 8.31. The van der Waals surface area contributed by atoms with Gasteiger partial charge in [-0.3, -0.25) is 9.59 Å². The first-order valence-electron chi connectivity index (χ1n) is 7.99. The Hall–Kier alpha value is -2.12. The number of piperidine rings is 1. The van der Waals surface area contributed by atoms with Gasteiger partial charge in [0.05, 0.1) is 12.1 Å². The monoisotopic (exact) mass is 379 g/mol. The van der Waals surface area contributed by atoms with Gasteiger partial charge in [0.2, 0.25) is 11.8 Å². The second-order valence-electron chi connectivity index (χ2n) is 5.71. The van der Waals surface area contributed by atoms with Crippen molar-refractivity contribution in [2.24, 2.45) is 0 Å². The molecule has 132 valence electrons.